The molecule has 7 heteroatoms. The monoisotopic (exact) mass is 500 g/mol. The van der Waals surface area contributed by atoms with E-state index in [1.54, 1.807) is 0 Å². The van der Waals surface area contributed by atoms with Crippen LogP contribution in [0, 0.1) is 11.3 Å². The Balaban J connectivity index is 6.70. The van der Waals surface area contributed by atoms with Gasteiger partial charge >= 0.3 is 17.9 Å². The minimum atomic E-state index is -2.31. The van der Waals surface area contributed by atoms with E-state index in [0.29, 0.717) is 32.1 Å². The second kappa shape index (κ2) is 18.6. The molecule has 0 bridgehead atoms. The van der Waals surface area contributed by atoms with Crippen LogP contribution < -0.4 is 0 Å². The van der Waals surface area contributed by atoms with Crippen LogP contribution in [0.25, 0.3) is 0 Å². The highest BCUT2D eigenvalue weighted by molar-refractivity contribution is 5.93. The lowest BCUT2D eigenvalue weighted by Gasteiger charge is -2.48. The van der Waals surface area contributed by atoms with Gasteiger partial charge < -0.3 is 20.1 Å². The fourth-order valence-corrected chi connectivity index (χ4v) is 5.23. The first-order valence-corrected chi connectivity index (χ1v) is 14.0. The molecule has 0 saturated carbocycles. The third-order valence-corrected chi connectivity index (χ3v) is 7.32. The summed E-state index contributed by atoms with van der Waals surface area (Å²) in [4.78, 5) is 38.8. The molecule has 0 aromatic rings. The molecule has 0 heterocycles. The first kappa shape index (κ1) is 33.4. The van der Waals surface area contributed by atoms with Crippen LogP contribution >= 0.6 is 0 Å². The molecule has 0 aromatic carbocycles. The summed E-state index contributed by atoms with van der Waals surface area (Å²) in [5.74, 6) is -5.42. The Morgan fingerprint density at radius 3 is 1.46 bits per heavy atom. The first-order chi connectivity index (χ1) is 16.7. The number of rotatable bonds is 24. The molecular formula is C28H52O7. The van der Waals surface area contributed by atoms with Crippen LogP contribution in [0.3, 0.4) is 0 Å². The highest BCUT2D eigenvalue weighted by Gasteiger charge is 2.67. The zero-order valence-electron chi connectivity index (χ0n) is 22.8. The average molecular weight is 501 g/mol. The van der Waals surface area contributed by atoms with Gasteiger partial charge in [-0.1, -0.05) is 111 Å². The molecule has 0 aromatic heterocycles. The number of carbonyl (C=O) groups is 3. The van der Waals surface area contributed by atoms with E-state index in [4.69, 9.17) is 4.74 Å². The van der Waals surface area contributed by atoms with Gasteiger partial charge in [-0.3, -0.25) is 9.59 Å². The maximum atomic E-state index is 13.1. The summed E-state index contributed by atoms with van der Waals surface area (Å²) in [5, 5.41) is 31.6. The minimum absolute atomic E-state index is 0.0428. The molecule has 35 heavy (non-hydrogen) atoms. The molecule has 206 valence electrons. The number of hydrogen-bond donors (Lipinski definition) is 3. The van der Waals surface area contributed by atoms with Crippen molar-refractivity contribution >= 4 is 17.9 Å². The molecule has 7 nitrogen and oxygen atoms in total. The summed E-state index contributed by atoms with van der Waals surface area (Å²) in [6.45, 7) is 8.13. The first-order valence-electron chi connectivity index (χ1n) is 14.0. The standard InChI is InChI=1S/C28H52O7/c1-5-9-13-16-20-27(25(31)32,21-17-14-10-6-2)28(26(33)34,35-22-18-15-11-7-3)23(24(29)30)19-12-8-4/h23H,5-22H2,1-4H3,(H,29,30)(H,31,32)(H,33,34). The van der Waals surface area contributed by atoms with Gasteiger partial charge in [0.2, 0.25) is 0 Å². The maximum Gasteiger partial charge on any atom is 0.338 e. The SMILES string of the molecule is CCCCCCOC(C(=O)O)(C(CCCC)C(=O)O)C(CCCCCC)(CCCCCC)C(=O)O. The summed E-state index contributed by atoms with van der Waals surface area (Å²) in [6.07, 6.45) is 11.2. The van der Waals surface area contributed by atoms with Crippen LogP contribution in [0.5, 0.6) is 0 Å². The van der Waals surface area contributed by atoms with Crippen LogP contribution in [0.1, 0.15) is 137 Å². The van der Waals surface area contributed by atoms with E-state index >= 15 is 0 Å². The van der Waals surface area contributed by atoms with E-state index in [0.717, 1.165) is 57.8 Å². The Hall–Kier alpha value is -1.63. The lowest BCUT2D eigenvalue weighted by Crippen LogP contribution is -2.65. The summed E-state index contributed by atoms with van der Waals surface area (Å²) in [5.41, 5.74) is -4.12. The lowest BCUT2D eigenvalue weighted by molar-refractivity contribution is -0.221. The number of unbranched alkanes of at least 4 members (excludes halogenated alkanes) is 10. The number of hydrogen-bond acceptors (Lipinski definition) is 4. The lowest BCUT2D eigenvalue weighted by atomic mass is 9.59. The van der Waals surface area contributed by atoms with Gasteiger partial charge in [0.05, 0.1) is 5.92 Å². The number of carboxylic acids is 3. The molecule has 0 aliphatic rings. The molecule has 0 rings (SSSR count). The molecule has 2 atom stereocenters. The van der Waals surface area contributed by atoms with E-state index in [1.165, 1.54) is 0 Å². The third-order valence-electron chi connectivity index (χ3n) is 7.32. The van der Waals surface area contributed by atoms with Gasteiger partial charge in [-0.15, -0.1) is 0 Å². The van der Waals surface area contributed by atoms with Gasteiger partial charge in [0.1, 0.15) is 5.41 Å². The van der Waals surface area contributed by atoms with Crippen molar-refractivity contribution in [2.75, 3.05) is 6.61 Å². The van der Waals surface area contributed by atoms with Crippen molar-refractivity contribution in [2.45, 2.75) is 142 Å². The number of ether oxygens (including phenoxy) is 1. The second-order valence-electron chi connectivity index (χ2n) is 9.99. The summed E-state index contributed by atoms with van der Waals surface area (Å²) >= 11 is 0. The number of carboxylic acid groups (broad SMARTS) is 3. The van der Waals surface area contributed by atoms with Crippen molar-refractivity contribution in [3.63, 3.8) is 0 Å². The van der Waals surface area contributed by atoms with Crippen LogP contribution in [0.4, 0.5) is 0 Å². The predicted molar refractivity (Wildman–Crippen MR) is 139 cm³/mol. The topological polar surface area (TPSA) is 121 Å². The Labute approximate surface area is 213 Å². The van der Waals surface area contributed by atoms with Crippen LogP contribution in [-0.2, 0) is 19.1 Å². The van der Waals surface area contributed by atoms with E-state index in [-0.39, 0.29) is 25.9 Å². The highest BCUT2D eigenvalue weighted by atomic mass is 16.5. The number of aliphatic carboxylic acids is 3. The van der Waals surface area contributed by atoms with Crippen LogP contribution in [0.2, 0.25) is 0 Å². The summed E-state index contributed by atoms with van der Waals surface area (Å²) in [6, 6.07) is 0. The fraction of sp³-hybridized carbons (Fsp3) is 0.893. The van der Waals surface area contributed by atoms with Crippen molar-refractivity contribution in [1.29, 1.82) is 0 Å². The minimum Gasteiger partial charge on any atom is -0.481 e. The molecule has 0 saturated heterocycles. The Morgan fingerprint density at radius 2 is 1.09 bits per heavy atom. The van der Waals surface area contributed by atoms with Crippen molar-refractivity contribution in [3.05, 3.63) is 0 Å². The fourth-order valence-electron chi connectivity index (χ4n) is 5.23. The van der Waals surface area contributed by atoms with Crippen molar-refractivity contribution in [1.82, 2.24) is 0 Å². The Kier molecular flexibility index (Phi) is 17.7. The maximum absolute atomic E-state index is 13.1. The summed E-state index contributed by atoms with van der Waals surface area (Å²) < 4.78 is 6.14. The Bertz CT molecular complexity index is 592. The van der Waals surface area contributed by atoms with E-state index < -0.39 is 34.8 Å². The zero-order chi connectivity index (χ0) is 26.7. The summed E-state index contributed by atoms with van der Waals surface area (Å²) in [7, 11) is 0. The molecule has 0 aliphatic carbocycles. The normalized spacial score (nSPS) is 14.4. The van der Waals surface area contributed by atoms with E-state index in [2.05, 4.69) is 20.8 Å². The van der Waals surface area contributed by atoms with Gasteiger partial charge in [0.15, 0.2) is 5.60 Å². The molecule has 3 N–H and O–H groups in total. The van der Waals surface area contributed by atoms with Crippen molar-refractivity contribution < 1.29 is 34.4 Å². The molecule has 0 spiro atoms. The second-order valence-corrected chi connectivity index (χ2v) is 9.99. The van der Waals surface area contributed by atoms with E-state index in [1.807, 2.05) is 6.92 Å². The van der Waals surface area contributed by atoms with Gasteiger partial charge in [0.25, 0.3) is 0 Å². The molecular weight excluding hydrogens is 448 g/mol. The largest absolute Gasteiger partial charge is 0.481 e. The van der Waals surface area contributed by atoms with Gasteiger partial charge in [-0.25, -0.2) is 4.79 Å². The zero-order valence-corrected chi connectivity index (χ0v) is 22.8. The van der Waals surface area contributed by atoms with E-state index in [9.17, 15) is 29.7 Å². The molecule has 0 radical (unpaired) electrons. The van der Waals surface area contributed by atoms with Crippen LogP contribution in [-0.4, -0.2) is 45.4 Å². The molecule has 0 amide bonds. The average Bonchev–Trinajstić information content (AvgIpc) is 2.81. The predicted octanol–water partition coefficient (Wildman–Crippen LogP) is 7.31. The van der Waals surface area contributed by atoms with Gasteiger partial charge in [-0.2, -0.15) is 0 Å². The van der Waals surface area contributed by atoms with Gasteiger partial charge in [-0.05, 0) is 25.7 Å². The van der Waals surface area contributed by atoms with Crippen molar-refractivity contribution in [2.24, 2.45) is 11.3 Å². The highest BCUT2D eigenvalue weighted by Crippen LogP contribution is 2.50. The molecule has 0 aliphatic heterocycles. The quantitative estimate of drug-likeness (QED) is 0.119. The Morgan fingerprint density at radius 1 is 0.629 bits per heavy atom. The molecule has 0 fully saturated rings. The molecule has 2 unspecified atom stereocenters. The van der Waals surface area contributed by atoms with Crippen molar-refractivity contribution in [3.8, 4) is 0 Å². The van der Waals surface area contributed by atoms with Crippen LogP contribution in [0.15, 0.2) is 0 Å². The smallest absolute Gasteiger partial charge is 0.338 e. The third kappa shape index (κ3) is 9.74. The van der Waals surface area contributed by atoms with Gasteiger partial charge in [0, 0.05) is 6.61 Å².